The molecule has 26 heavy (non-hydrogen) atoms. The van der Waals surface area contributed by atoms with Gasteiger partial charge in [-0.15, -0.1) is 0 Å². The molecule has 0 aromatic rings. The van der Waals surface area contributed by atoms with Crippen LogP contribution in [0, 0.1) is 0 Å². The molecule has 0 aromatic heterocycles. The molecule has 0 unspecified atom stereocenters. The van der Waals surface area contributed by atoms with Crippen molar-refractivity contribution in [1.29, 1.82) is 0 Å². The first-order valence-corrected chi connectivity index (χ1v) is 9.80. The molecule has 3 N–H and O–H groups in total. The van der Waals surface area contributed by atoms with Gasteiger partial charge in [0.25, 0.3) is 0 Å². The van der Waals surface area contributed by atoms with Crippen molar-refractivity contribution < 1.29 is 14.6 Å². The molecule has 0 spiro atoms. The Morgan fingerprint density at radius 3 is 2.50 bits per heavy atom. The summed E-state index contributed by atoms with van der Waals surface area (Å²) >= 11 is 0. The van der Waals surface area contributed by atoms with Crippen molar-refractivity contribution in [3.8, 4) is 0 Å². The van der Waals surface area contributed by atoms with Crippen LogP contribution in [0.2, 0.25) is 0 Å². The van der Waals surface area contributed by atoms with Crippen molar-refractivity contribution >= 4 is 11.9 Å². The number of aliphatic hydroxyl groups is 1. The number of nitrogens with one attached hydrogen (secondary N) is 2. The third kappa shape index (κ3) is 6.74. The number of carbonyl (C=O) groups is 1. The molecule has 1 amide bonds. The second kappa shape index (κ2) is 10.7. The van der Waals surface area contributed by atoms with Crippen LogP contribution >= 0.6 is 0 Å². The van der Waals surface area contributed by atoms with E-state index in [0.29, 0.717) is 26.2 Å². The van der Waals surface area contributed by atoms with Gasteiger partial charge in [0.2, 0.25) is 5.91 Å². The Hall–Kier alpha value is -1.38. The second-order valence-electron chi connectivity index (χ2n) is 7.21. The smallest absolute Gasteiger partial charge is 0.234 e. The Morgan fingerprint density at radius 2 is 1.88 bits per heavy atom. The zero-order chi connectivity index (χ0) is 18.8. The average molecular weight is 370 g/mol. The molecule has 1 saturated carbocycles. The van der Waals surface area contributed by atoms with E-state index in [-0.39, 0.29) is 5.91 Å². The van der Waals surface area contributed by atoms with E-state index in [0.717, 1.165) is 64.4 Å². The standard InChI is InChI=1S/C18H35N5O3/c1-3-19-17(21-15-18(25)6-4-5-7-18)23-11-9-22(10-12-23)14-16(24)20-8-13-26-2/h25H,3-15H2,1-2H3,(H,19,21)(H,20,24). The maximum absolute atomic E-state index is 11.9. The predicted molar refractivity (Wildman–Crippen MR) is 102 cm³/mol. The highest BCUT2D eigenvalue weighted by Gasteiger charge is 2.31. The van der Waals surface area contributed by atoms with Crippen molar-refractivity contribution in [2.45, 2.75) is 38.2 Å². The fourth-order valence-electron chi connectivity index (χ4n) is 3.51. The van der Waals surface area contributed by atoms with Gasteiger partial charge in [-0.3, -0.25) is 14.7 Å². The Morgan fingerprint density at radius 1 is 1.19 bits per heavy atom. The number of methoxy groups -OCH3 is 1. The van der Waals surface area contributed by atoms with Crippen molar-refractivity contribution in [3.63, 3.8) is 0 Å². The van der Waals surface area contributed by atoms with E-state index < -0.39 is 5.60 Å². The minimum atomic E-state index is -0.622. The zero-order valence-corrected chi connectivity index (χ0v) is 16.3. The number of ether oxygens (including phenoxy) is 1. The summed E-state index contributed by atoms with van der Waals surface area (Å²) in [4.78, 5) is 21.0. The molecule has 2 aliphatic rings. The number of carbonyl (C=O) groups excluding carboxylic acids is 1. The van der Waals surface area contributed by atoms with Gasteiger partial charge in [-0.1, -0.05) is 12.8 Å². The van der Waals surface area contributed by atoms with Crippen molar-refractivity contribution in [2.24, 2.45) is 4.99 Å². The molecule has 1 saturated heterocycles. The van der Waals surface area contributed by atoms with Crippen molar-refractivity contribution in [2.75, 3.05) is 66.1 Å². The molecule has 1 aliphatic carbocycles. The number of aliphatic imine (C=N–C) groups is 1. The highest BCUT2D eigenvalue weighted by atomic mass is 16.5. The Kier molecular flexibility index (Phi) is 8.61. The van der Waals surface area contributed by atoms with E-state index in [4.69, 9.17) is 9.73 Å². The fourth-order valence-corrected chi connectivity index (χ4v) is 3.51. The summed E-state index contributed by atoms with van der Waals surface area (Å²) < 4.78 is 4.94. The van der Waals surface area contributed by atoms with Gasteiger partial charge < -0.3 is 25.4 Å². The molecule has 0 bridgehead atoms. The van der Waals surface area contributed by atoms with E-state index in [9.17, 15) is 9.90 Å². The van der Waals surface area contributed by atoms with E-state index >= 15 is 0 Å². The van der Waals surface area contributed by atoms with Crippen LogP contribution < -0.4 is 10.6 Å². The van der Waals surface area contributed by atoms with Crippen LogP contribution in [0.3, 0.4) is 0 Å². The number of piperazine rings is 1. The van der Waals surface area contributed by atoms with E-state index in [1.807, 2.05) is 0 Å². The van der Waals surface area contributed by atoms with Gasteiger partial charge in [0.05, 0.1) is 25.3 Å². The first-order valence-electron chi connectivity index (χ1n) is 9.80. The van der Waals surface area contributed by atoms with Gasteiger partial charge in [-0.25, -0.2) is 0 Å². The highest BCUT2D eigenvalue weighted by Crippen LogP contribution is 2.29. The number of hydrogen-bond acceptors (Lipinski definition) is 5. The summed E-state index contributed by atoms with van der Waals surface area (Å²) in [7, 11) is 1.63. The maximum atomic E-state index is 11.9. The van der Waals surface area contributed by atoms with Gasteiger partial charge in [0.1, 0.15) is 0 Å². The lowest BCUT2D eigenvalue weighted by molar-refractivity contribution is -0.122. The van der Waals surface area contributed by atoms with Crippen LogP contribution in [-0.2, 0) is 9.53 Å². The summed E-state index contributed by atoms with van der Waals surface area (Å²) in [5, 5.41) is 16.7. The summed E-state index contributed by atoms with van der Waals surface area (Å²) in [6, 6.07) is 0. The predicted octanol–water partition coefficient (Wildman–Crippen LogP) is -0.363. The SMILES string of the molecule is CCNC(=NCC1(O)CCCC1)N1CCN(CC(=O)NCCOC)CC1. The Labute approximate surface area is 157 Å². The number of rotatable bonds is 8. The highest BCUT2D eigenvalue weighted by molar-refractivity contribution is 5.80. The van der Waals surface area contributed by atoms with Crippen LogP contribution in [-0.4, -0.2) is 98.4 Å². The minimum absolute atomic E-state index is 0.0412. The van der Waals surface area contributed by atoms with Crippen LogP contribution in [0.1, 0.15) is 32.6 Å². The van der Waals surface area contributed by atoms with Gasteiger partial charge in [0, 0.05) is 46.4 Å². The molecule has 1 heterocycles. The molecular formula is C18H35N5O3. The van der Waals surface area contributed by atoms with Crippen molar-refractivity contribution in [1.82, 2.24) is 20.4 Å². The van der Waals surface area contributed by atoms with Crippen molar-refractivity contribution in [3.05, 3.63) is 0 Å². The quantitative estimate of drug-likeness (QED) is 0.308. The molecule has 0 atom stereocenters. The summed E-state index contributed by atoms with van der Waals surface area (Å²) in [5.74, 6) is 0.913. The van der Waals surface area contributed by atoms with Gasteiger partial charge >= 0.3 is 0 Å². The summed E-state index contributed by atoms with van der Waals surface area (Å²) in [6.07, 6.45) is 3.88. The number of guanidine groups is 1. The molecular weight excluding hydrogens is 334 g/mol. The topological polar surface area (TPSA) is 89.4 Å². The van der Waals surface area contributed by atoms with Crippen LogP contribution in [0.15, 0.2) is 4.99 Å². The Bertz CT molecular complexity index is 458. The number of amides is 1. The molecule has 8 heteroatoms. The zero-order valence-electron chi connectivity index (χ0n) is 16.3. The third-order valence-corrected chi connectivity index (χ3v) is 5.06. The molecule has 150 valence electrons. The lowest BCUT2D eigenvalue weighted by atomic mass is 10.0. The first kappa shape index (κ1) is 20.9. The molecule has 0 aromatic carbocycles. The molecule has 2 rings (SSSR count). The van der Waals surface area contributed by atoms with Gasteiger partial charge in [-0.2, -0.15) is 0 Å². The molecule has 0 radical (unpaired) electrons. The Balaban J connectivity index is 1.78. The van der Waals surface area contributed by atoms with Crippen LogP contribution in [0.5, 0.6) is 0 Å². The van der Waals surface area contributed by atoms with E-state index in [1.165, 1.54) is 0 Å². The molecule has 8 nitrogen and oxygen atoms in total. The maximum Gasteiger partial charge on any atom is 0.234 e. The normalized spacial score (nSPS) is 21.0. The fraction of sp³-hybridized carbons (Fsp3) is 0.889. The lowest BCUT2D eigenvalue weighted by Crippen LogP contribution is -2.54. The largest absolute Gasteiger partial charge is 0.388 e. The number of hydrogen-bond donors (Lipinski definition) is 3. The second-order valence-corrected chi connectivity index (χ2v) is 7.21. The summed E-state index contributed by atoms with van der Waals surface area (Å²) in [5.41, 5.74) is -0.622. The van der Waals surface area contributed by atoms with Gasteiger partial charge in [0.15, 0.2) is 5.96 Å². The van der Waals surface area contributed by atoms with E-state index in [1.54, 1.807) is 7.11 Å². The molecule has 1 aliphatic heterocycles. The average Bonchev–Trinajstić information content (AvgIpc) is 3.06. The molecule has 2 fully saturated rings. The van der Waals surface area contributed by atoms with E-state index in [2.05, 4.69) is 27.4 Å². The van der Waals surface area contributed by atoms with Gasteiger partial charge in [-0.05, 0) is 19.8 Å². The van der Waals surface area contributed by atoms with Crippen LogP contribution in [0.4, 0.5) is 0 Å². The lowest BCUT2D eigenvalue weighted by Gasteiger charge is -2.36. The monoisotopic (exact) mass is 369 g/mol. The third-order valence-electron chi connectivity index (χ3n) is 5.06. The summed E-state index contributed by atoms with van der Waals surface area (Å²) in [6.45, 7) is 8.15. The minimum Gasteiger partial charge on any atom is -0.388 e. The van der Waals surface area contributed by atoms with Crippen LogP contribution in [0.25, 0.3) is 0 Å². The number of nitrogens with zero attached hydrogens (tertiary/aromatic N) is 3. The first-order chi connectivity index (χ1) is 12.6.